The third kappa shape index (κ3) is 4.33. The number of hydrogen-bond acceptors (Lipinski definition) is 5. The Morgan fingerprint density at radius 2 is 1.66 bits per heavy atom. The lowest BCUT2D eigenvalue weighted by atomic mass is 9.86. The zero-order chi connectivity index (χ0) is 22.9. The lowest BCUT2D eigenvalue weighted by Crippen LogP contribution is -2.50. The molecule has 170 valence electrons. The summed E-state index contributed by atoms with van der Waals surface area (Å²) in [6, 6.07) is 10.6. The van der Waals surface area contributed by atoms with Gasteiger partial charge in [-0.15, -0.1) is 5.10 Å². The summed E-state index contributed by atoms with van der Waals surface area (Å²) in [6.07, 6.45) is 3.58. The Morgan fingerprint density at radius 3 is 2.25 bits per heavy atom. The Hall–Kier alpha value is -2.96. The van der Waals surface area contributed by atoms with Crippen LogP contribution in [-0.4, -0.2) is 56.6 Å². The van der Waals surface area contributed by atoms with E-state index in [0.717, 1.165) is 37.2 Å². The Bertz CT molecular complexity index is 1070. The van der Waals surface area contributed by atoms with Crippen LogP contribution in [0.4, 0.5) is 5.95 Å². The largest absolute Gasteiger partial charge is 0.339 e. The second-order valence-corrected chi connectivity index (χ2v) is 9.61. The highest BCUT2D eigenvalue weighted by atomic mass is 16.2. The van der Waals surface area contributed by atoms with Crippen LogP contribution in [0.1, 0.15) is 53.0 Å². The molecule has 1 aliphatic rings. The summed E-state index contributed by atoms with van der Waals surface area (Å²) in [5.74, 6) is 1.67. The van der Waals surface area contributed by atoms with Crippen LogP contribution >= 0.6 is 0 Å². The lowest BCUT2D eigenvalue weighted by molar-refractivity contribution is -0.136. The zero-order valence-electron chi connectivity index (χ0n) is 19.9. The van der Waals surface area contributed by atoms with E-state index in [0.29, 0.717) is 24.8 Å². The number of hydrogen-bond donors (Lipinski definition) is 0. The first-order chi connectivity index (χ1) is 15.3. The molecule has 0 radical (unpaired) electrons. The number of carbonyl (C=O) groups is 1. The van der Waals surface area contributed by atoms with Crippen molar-refractivity contribution in [2.45, 2.75) is 52.9 Å². The van der Waals surface area contributed by atoms with Crippen molar-refractivity contribution >= 4 is 17.6 Å². The number of benzene rings is 1. The Balaban J connectivity index is 1.54. The third-order valence-electron chi connectivity index (χ3n) is 6.49. The molecule has 32 heavy (non-hydrogen) atoms. The first-order valence-electron chi connectivity index (χ1n) is 11.7. The molecule has 1 saturated heterocycles. The summed E-state index contributed by atoms with van der Waals surface area (Å²) in [5.41, 5.74) is 3.47. The molecule has 0 unspecified atom stereocenters. The van der Waals surface area contributed by atoms with Gasteiger partial charge in [0, 0.05) is 43.9 Å². The maximum Gasteiger partial charge on any atom is 0.254 e. The second kappa shape index (κ2) is 8.88. The van der Waals surface area contributed by atoms with Gasteiger partial charge < -0.3 is 9.80 Å². The summed E-state index contributed by atoms with van der Waals surface area (Å²) in [7, 11) is 0. The van der Waals surface area contributed by atoms with Crippen molar-refractivity contribution in [3.63, 3.8) is 0 Å². The monoisotopic (exact) mass is 434 g/mol. The summed E-state index contributed by atoms with van der Waals surface area (Å²) in [5, 5.41) is 4.79. The van der Waals surface area contributed by atoms with E-state index in [-0.39, 0.29) is 17.2 Å². The first kappa shape index (κ1) is 22.2. The van der Waals surface area contributed by atoms with Crippen molar-refractivity contribution in [1.82, 2.24) is 24.5 Å². The van der Waals surface area contributed by atoms with E-state index < -0.39 is 0 Å². The molecular formula is C25H34N6O. The van der Waals surface area contributed by atoms with Crippen LogP contribution < -0.4 is 4.90 Å². The van der Waals surface area contributed by atoms with E-state index in [1.54, 1.807) is 6.20 Å². The van der Waals surface area contributed by atoms with Crippen LogP contribution in [0.5, 0.6) is 0 Å². The van der Waals surface area contributed by atoms with Gasteiger partial charge in [-0.05, 0) is 29.9 Å². The van der Waals surface area contributed by atoms with E-state index in [4.69, 9.17) is 5.10 Å². The van der Waals surface area contributed by atoms with Gasteiger partial charge in [-0.25, -0.2) is 4.98 Å². The van der Waals surface area contributed by atoms with Gasteiger partial charge in [0.25, 0.3) is 5.78 Å². The van der Waals surface area contributed by atoms with Gasteiger partial charge in [0.15, 0.2) is 0 Å². The number of amides is 1. The van der Waals surface area contributed by atoms with Crippen LogP contribution in [0.25, 0.3) is 17.0 Å². The van der Waals surface area contributed by atoms with Gasteiger partial charge in [-0.1, -0.05) is 58.9 Å². The maximum atomic E-state index is 12.7. The normalized spacial score (nSPS) is 15.1. The number of anilines is 1. The highest BCUT2D eigenvalue weighted by molar-refractivity contribution is 5.79. The Kier molecular flexibility index (Phi) is 6.17. The van der Waals surface area contributed by atoms with Gasteiger partial charge >= 0.3 is 0 Å². The van der Waals surface area contributed by atoms with Crippen molar-refractivity contribution in [2.75, 3.05) is 31.1 Å². The second-order valence-electron chi connectivity index (χ2n) is 9.61. The van der Waals surface area contributed by atoms with Crippen LogP contribution in [-0.2, 0) is 10.2 Å². The highest BCUT2D eigenvalue weighted by Gasteiger charge is 2.27. The van der Waals surface area contributed by atoms with Gasteiger partial charge in [0.05, 0.1) is 5.69 Å². The summed E-state index contributed by atoms with van der Waals surface area (Å²) in [4.78, 5) is 25.9. The molecule has 1 aromatic carbocycles. The van der Waals surface area contributed by atoms with Crippen molar-refractivity contribution in [3.05, 3.63) is 42.1 Å². The van der Waals surface area contributed by atoms with Crippen LogP contribution in [0.3, 0.4) is 0 Å². The van der Waals surface area contributed by atoms with Crippen LogP contribution in [0.15, 0.2) is 36.5 Å². The lowest BCUT2D eigenvalue weighted by Gasteiger charge is -2.35. The van der Waals surface area contributed by atoms with E-state index in [2.05, 4.69) is 73.8 Å². The third-order valence-corrected chi connectivity index (χ3v) is 6.49. The van der Waals surface area contributed by atoms with Gasteiger partial charge in [0.1, 0.15) is 0 Å². The van der Waals surface area contributed by atoms with Crippen molar-refractivity contribution < 1.29 is 4.79 Å². The molecule has 0 N–H and O–H groups in total. The molecule has 0 aliphatic carbocycles. The standard InChI is InChI=1S/C25H34N6O/c1-6-18(7-2)22(32)29-14-16-30(17-15-29)24-27-23-26-13-12-21(31(23)28-24)19-8-10-20(11-9-19)25(3,4)5/h8-13,18H,6-7,14-17H2,1-5H3. The number of fused-ring (bicyclic) bond motifs is 1. The molecule has 7 heteroatoms. The minimum absolute atomic E-state index is 0.115. The molecular weight excluding hydrogens is 400 g/mol. The van der Waals surface area contributed by atoms with E-state index in [9.17, 15) is 4.79 Å². The predicted molar refractivity (Wildman–Crippen MR) is 128 cm³/mol. The molecule has 3 heterocycles. The van der Waals surface area contributed by atoms with Crippen LogP contribution in [0.2, 0.25) is 0 Å². The smallest absolute Gasteiger partial charge is 0.254 e. The minimum Gasteiger partial charge on any atom is -0.339 e. The molecule has 1 fully saturated rings. The molecule has 4 rings (SSSR count). The number of piperazine rings is 1. The molecule has 0 spiro atoms. The van der Waals surface area contributed by atoms with Gasteiger partial charge in [0.2, 0.25) is 11.9 Å². The Labute approximate surface area is 190 Å². The van der Waals surface area contributed by atoms with Crippen molar-refractivity contribution in [2.24, 2.45) is 5.92 Å². The van der Waals surface area contributed by atoms with E-state index >= 15 is 0 Å². The van der Waals surface area contributed by atoms with Crippen LogP contribution in [0, 0.1) is 5.92 Å². The zero-order valence-corrected chi connectivity index (χ0v) is 19.9. The fourth-order valence-electron chi connectivity index (χ4n) is 4.30. The molecule has 2 aromatic heterocycles. The maximum absolute atomic E-state index is 12.7. The fraction of sp³-hybridized carbons (Fsp3) is 0.520. The Morgan fingerprint density at radius 1 is 1.00 bits per heavy atom. The SMILES string of the molecule is CCC(CC)C(=O)N1CCN(c2nc3nccc(-c4ccc(C(C)(C)C)cc4)n3n2)CC1. The topological polar surface area (TPSA) is 66.6 Å². The van der Waals surface area contributed by atoms with Crippen molar-refractivity contribution in [3.8, 4) is 11.3 Å². The number of rotatable bonds is 5. The van der Waals surface area contributed by atoms with Gasteiger partial charge in [-0.3, -0.25) is 4.79 Å². The predicted octanol–water partition coefficient (Wildman–Crippen LogP) is 4.17. The molecule has 0 bridgehead atoms. The number of nitrogens with zero attached hydrogens (tertiary/aromatic N) is 6. The minimum atomic E-state index is 0.115. The molecule has 3 aromatic rings. The quantitative estimate of drug-likeness (QED) is 0.603. The average molecular weight is 435 g/mol. The molecule has 0 atom stereocenters. The molecule has 1 amide bonds. The summed E-state index contributed by atoms with van der Waals surface area (Å²) >= 11 is 0. The fourth-order valence-corrected chi connectivity index (χ4v) is 4.30. The highest BCUT2D eigenvalue weighted by Crippen LogP contribution is 2.26. The van der Waals surface area contributed by atoms with Gasteiger partial charge in [-0.2, -0.15) is 9.50 Å². The summed E-state index contributed by atoms with van der Waals surface area (Å²) in [6.45, 7) is 13.7. The molecule has 1 aliphatic heterocycles. The van der Waals surface area contributed by atoms with Crippen molar-refractivity contribution in [1.29, 1.82) is 0 Å². The number of carbonyl (C=O) groups excluding carboxylic acids is 1. The molecule has 0 saturated carbocycles. The van der Waals surface area contributed by atoms with E-state index in [1.165, 1.54) is 5.56 Å². The number of aromatic nitrogens is 4. The van der Waals surface area contributed by atoms with E-state index in [1.807, 2.05) is 15.5 Å². The first-order valence-corrected chi connectivity index (χ1v) is 11.7. The molecule has 7 nitrogen and oxygen atoms in total. The average Bonchev–Trinajstić information content (AvgIpc) is 3.24. The summed E-state index contributed by atoms with van der Waals surface area (Å²) < 4.78 is 1.82.